The van der Waals surface area contributed by atoms with Crippen molar-refractivity contribution >= 4 is 16.9 Å². The van der Waals surface area contributed by atoms with Gasteiger partial charge in [0.05, 0.1) is 17.7 Å². The van der Waals surface area contributed by atoms with Gasteiger partial charge in [0.15, 0.2) is 11.4 Å². The van der Waals surface area contributed by atoms with Gasteiger partial charge in [-0.05, 0) is 37.1 Å². The number of aromatic nitrogens is 3. The zero-order chi connectivity index (χ0) is 16.5. The van der Waals surface area contributed by atoms with Crippen LogP contribution < -0.4 is 5.56 Å². The lowest BCUT2D eigenvalue weighted by Crippen LogP contribution is -2.42. The van der Waals surface area contributed by atoms with Gasteiger partial charge in [-0.2, -0.15) is 0 Å². The molecule has 3 aromatic heterocycles. The zero-order valence-corrected chi connectivity index (χ0v) is 13.0. The average Bonchev–Trinajstić information content (AvgIpc) is 3.16. The van der Waals surface area contributed by atoms with Crippen LogP contribution in [0.2, 0.25) is 0 Å². The molecule has 0 unspecified atom stereocenters. The highest BCUT2D eigenvalue weighted by Gasteiger charge is 2.27. The number of rotatable bonds is 2. The Hall–Kier alpha value is -2.96. The highest BCUT2D eigenvalue weighted by molar-refractivity contribution is 5.91. The molecule has 1 saturated heterocycles. The van der Waals surface area contributed by atoms with E-state index < -0.39 is 0 Å². The van der Waals surface area contributed by atoms with E-state index in [9.17, 15) is 9.59 Å². The van der Waals surface area contributed by atoms with Crippen LogP contribution in [0.4, 0.5) is 0 Å². The molecule has 1 fully saturated rings. The molecular formula is C17H16N4O3. The summed E-state index contributed by atoms with van der Waals surface area (Å²) in [6.45, 7) is 1.13. The second-order valence-electron chi connectivity index (χ2n) is 5.86. The zero-order valence-electron chi connectivity index (χ0n) is 13.0. The SMILES string of the molecule is O=C(c1ccco1)N1CCC[C@@H](n2cnc3ncccc3c2=O)C1. The minimum Gasteiger partial charge on any atom is -0.459 e. The highest BCUT2D eigenvalue weighted by Crippen LogP contribution is 2.22. The fourth-order valence-electron chi connectivity index (χ4n) is 3.16. The van der Waals surface area contributed by atoms with E-state index in [0.717, 1.165) is 12.8 Å². The molecule has 4 rings (SSSR count). The second kappa shape index (κ2) is 5.92. The number of fused-ring (bicyclic) bond motifs is 1. The van der Waals surface area contributed by atoms with Crippen molar-refractivity contribution < 1.29 is 9.21 Å². The van der Waals surface area contributed by atoms with Crippen molar-refractivity contribution in [3.05, 3.63) is 59.2 Å². The van der Waals surface area contributed by atoms with E-state index in [0.29, 0.717) is 29.9 Å². The van der Waals surface area contributed by atoms with Crippen LogP contribution in [0.15, 0.2) is 52.3 Å². The van der Waals surface area contributed by atoms with E-state index in [1.165, 1.54) is 12.6 Å². The summed E-state index contributed by atoms with van der Waals surface area (Å²) in [5.41, 5.74) is 0.323. The van der Waals surface area contributed by atoms with Crippen LogP contribution in [0, 0.1) is 0 Å². The number of carbonyl (C=O) groups excluding carboxylic acids is 1. The Balaban J connectivity index is 1.64. The summed E-state index contributed by atoms with van der Waals surface area (Å²) in [7, 11) is 0. The van der Waals surface area contributed by atoms with Crippen molar-refractivity contribution in [2.45, 2.75) is 18.9 Å². The topological polar surface area (TPSA) is 81.2 Å². The molecule has 4 heterocycles. The monoisotopic (exact) mass is 324 g/mol. The van der Waals surface area contributed by atoms with E-state index in [1.807, 2.05) is 0 Å². The fraction of sp³-hybridized carbons (Fsp3) is 0.294. The van der Waals surface area contributed by atoms with Gasteiger partial charge in [0.2, 0.25) is 0 Å². The summed E-state index contributed by atoms with van der Waals surface area (Å²) in [5, 5.41) is 0.495. The smallest absolute Gasteiger partial charge is 0.289 e. The largest absolute Gasteiger partial charge is 0.459 e. The standard InChI is InChI=1S/C17H16N4O3/c22-16-13-5-1-7-18-15(13)19-11-21(16)12-4-2-8-20(10-12)17(23)14-6-3-9-24-14/h1,3,5-7,9,11-12H,2,4,8,10H2/t12-/m1/s1. The first-order valence-corrected chi connectivity index (χ1v) is 7.88. The number of nitrogens with zero attached hydrogens (tertiary/aromatic N) is 4. The molecule has 0 saturated carbocycles. The van der Waals surface area contributed by atoms with Crippen LogP contribution in [0.3, 0.4) is 0 Å². The lowest BCUT2D eigenvalue weighted by molar-refractivity contribution is 0.0645. The van der Waals surface area contributed by atoms with E-state index >= 15 is 0 Å². The van der Waals surface area contributed by atoms with Gasteiger partial charge in [-0.15, -0.1) is 0 Å². The Kier molecular flexibility index (Phi) is 3.60. The second-order valence-corrected chi connectivity index (χ2v) is 5.86. The molecule has 0 radical (unpaired) electrons. The fourth-order valence-corrected chi connectivity index (χ4v) is 3.16. The Morgan fingerprint density at radius 2 is 2.17 bits per heavy atom. The summed E-state index contributed by atoms with van der Waals surface area (Å²) in [5.74, 6) is 0.178. The third-order valence-corrected chi connectivity index (χ3v) is 4.37. The first kappa shape index (κ1) is 14.6. The van der Waals surface area contributed by atoms with Crippen LogP contribution in [0.1, 0.15) is 29.4 Å². The number of furan rings is 1. The average molecular weight is 324 g/mol. The van der Waals surface area contributed by atoms with Crippen molar-refractivity contribution in [3.63, 3.8) is 0 Å². The summed E-state index contributed by atoms with van der Waals surface area (Å²) in [6.07, 6.45) is 6.29. The number of pyridine rings is 1. The molecule has 1 aliphatic heterocycles. The normalized spacial score (nSPS) is 18.0. The van der Waals surface area contributed by atoms with Crippen LogP contribution in [-0.2, 0) is 0 Å². The quantitative estimate of drug-likeness (QED) is 0.719. The van der Waals surface area contributed by atoms with Crippen LogP contribution in [0.5, 0.6) is 0 Å². The molecule has 122 valence electrons. The van der Waals surface area contributed by atoms with E-state index in [1.54, 1.807) is 39.9 Å². The van der Waals surface area contributed by atoms with Gasteiger partial charge in [0.1, 0.15) is 6.33 Å². The molecule has 0 aromatic carbocycles. The molecule has 24 heavy (non-hydrogen) atoms. The lowest BCUT2D eigenvalue weighted by atomic mass is 10.0. The summed E-state index contributed by atoms with van der Waals surface area (Å²) < 4.78 is 6.81. The maximum absolute atomic E-state index is 12.7. The number of hydrogen-bond acceptors (Lipinski definition) is 5. The molecule has 1 atom stereocenters. The van der Waals surface area contributed by atoms with Crippen molar-refractivity contribution in [1.82, 2.24) is 19.4 Å². The van der Waals surface area contributed by atoms with Gasteiger partial charge in [-0.1, -0.05) is 0 Å². The number of piperidine rings is 1. The predicted octanol–water partition coefficient (Wildman–Crippen LogP) is 1.86. The molecule has 1 aliphatic rings. The third kappa shape index (κ3) is 2.47. The first-order valence-electron chi connectivity index (χ1n) is 7.88. The van der Waals surface area contributed by atoms with E-state index in [2.05, 4.69) is 9.97 Å². The maximum Gasteiger partial charge on any atom is 0.289 e. The van der Waals surface area contributed by atoms with E-state index in [4.69, 9.17) is 4.42 Å². The number of hydrogen-bond donors (Lipinski definition) is 0. The molecular weight excluding hydrogens is 308 g/mol. The number of carbonyl (C=O) groups is 1. The molecule has 7 nitrogen and oxygen atoms in total. The molecule has 0 aliphatic carbocycles. The van der Waals surface area contributed by atoms with Gasteiger partial charge >= 0.3 is 0 Å². The third-order valence-electron chi connectivity index (χ3n) is 4.37. The van der Waals surface area contributed by atoms with Crippen LogP contribution in [0.25, 0.3) is 11.0 Å². The van der Waals surface area contributed by atoms with Crippen molar-refractivity contribution in [3.8, 4) is 0 Å². The number of likely N-dealkylation sites (tertiary alicyclic amines) is 1. The summed E-state index contributed by atoms with van der Waals surface area (Å²) >= 11 is 0. The van der Waals surface area contributed by atoms with Crippen molar-refractivity contribution in [1.29, 1.82) is 0 Å². The molecule has 3 aromatic rings. The minimum absolute atomic E-state index is 0.0951. The van der Waals surface area contributed by atoms with Gasteiger partial charge < -0.3 is 9.32 Å². The number of amides is 1. The maximum atomic E-state index is 12.7. The lowest BCUT2D eigenvalue weighted by Gasteiger charge is -2.33. The molecule has 0 N–H and O–H groups in total. The Bertz CT molecular complexity index is 932. The predicted molar refractivity (Wildman–Crippen MR) is 86.7 cm³/mol. The summed E-state index contributed by atoms with van der Waals surface area (Å²) in [6, 6.07) is 6.70. The Morgan fingerprint density at radius 1 is 1.25 bits per heavy atom. The van der Waals surface area contributed by atoms with Crippen molar-refractivity contribution in [2.24, 2.45) is 0 Å². The molecule has 7 heteroatoms. The summed E-state index contributed by atoms with van der Waals surface area (Å²) in [4.78, 5) is 35.2. The van der Waals surface area contributed by atoms with Gasteiger partial charge in [0, 0.05) is 19.3 Å². The Morgan fingerprint density at radius 3 is 3.00 bits per heavy atom. The highest BCUT2D eigenvalue weighted by atomic mass is 16.3. The molecule has 0 spiro atoms. The van der Waals surface area contributed by atoms with Gasteiger partial charge in [0.25, 0.3) is 11.5 Å². The first-order chi connectivity index (χ1) is 11.7. The van der Waals surface area contributed by atoms with Crippen molar-refractivity contribution in [2.75, 3.05) is 13.1 Å². The van der Waals surface area contributed by atoms with E-state index in [-0.39, 0.29) is 17.5 Å². The van der Waals surface area contributed by atoms with Crippen LogP contribution >= 0.6 is 0 Å². The van der Waals surface area contributed by atoms with Crippen LogP contribution in [-0.4, -0.2) is 38.4 Å². The minimum atomic E-state index is -0.145. The Labute approximate surface area is 137 Å². The molecule has 0 bridgehead atoms. The van der Waals surface area contributed by atoms with Gasteiger partial charge in [-0.25, -0.2) is 9.97 Å². The van der Waals surface area contributed by atoms with Gasteiger partial charge in [-0.3, -0.25) is 14.2 Å². The molecule has 1 amide bonds.